The van der Waals surface area contributed by atoms with Crippen molar-refractivity contribution in [2.45, 2.75) is 38.1 Å². The molecular weight excluding hydrogens is 358 g/mol. The van der Waals surface area contributed by atoms with Gasteiger partial charge in [-0.1, -0.05) is 60.7 Å². The average Bonchev–Trinajstić information content (AvgIpc) is 3.21. The molecule has 0 spiro atoms. The van der Waals surface area contributed by atoms with Crippen molar-refractivity contribution in [3.8, 4) is 0 Å². The third-order valence-corrected chi connectivity index (χ3v) is 5.88. The highest BCUT2D eigenvalue weighted by Gasteiger charge is 2.28. The van der Waals surface area contributed by atoms with Crippen molar-refractivity contribution in [1.29, 1.82) is 5.41 Å². The maximum atomic E-state index is 12.8. The molecule has 4 rings (SSSR count). The number of fused-ring (bicyclic) bond motifs is 1. The van der Waals surface area contributed by atoms with Crippen molar-refractivity contribution in [1.82, 2.24) is 4.90 Å². The number of amides is 1. The van der Waals surface area contributed by atoms with E-state index in [0.29, 0.717) is 12.5 Å². The second-order valence-corrected chi connectivity index (χ2v) is 7.89. The summed E-state index contributed by atoms with van der Waals surface area (Å²) in [7, 11) is 0. The Morgan fingerprint density at radius 3 is 2.59 bits per heavy atom. The fraction of sp³-hybridized carbons (Fsp3) is 0.280. The number of nitrogen functional groups attached to an aromatic ring is 1. The molecule has 1 fully saturated rings. The lowest BCUT2D eigenvalue weighted by Crippen LogP contribution is -2.36. The third kappa shape index (κ3) is 4.48. The van der Waals surface area contributed by atoms with Crippen LogP contribution < -0.4 is 5.73 Å². The lowest BCUT2D eigenvalue weighted by atomic mass is 9.99. The monoisotopic (exact) mass is 385 g/mol. The molecular formula is C25H27N3O. The normalized spacial score (nSPS) is 16.3. The standard InChI is InChI=1S/C25H27N3O/c26-25(27)21-12-11-20-10-8-19(15-22(20)17-21)9-13-23-7-4-14-28(23)24(29)16-18-5-2-1-3-6-18/h1-3,5-6,8,10-12,15,17,23H,4,7,9,13-14,16H2,(H3,26,27)/t23-/m1/s1. The van der Waals surface area contributed by atoms with Gasteiger partial charge in [0.15, 0.2) is 0 Å². The molecule has 1 amide bonds. The number of likely N-dealkylation sites (tertiary alicyclic amines) is 1. The van der Waals surface area contributed by atoms with Crippen molar-refractivity contribution >= 4 is 22.5 Å². The number of aryl methyl sites for hydroxylation is 1. The molecule has 1 saturated heterocycles. The van der Waals surface area contributed by atoms with Crippen molar-refractivity contribution in [3.05, 3.63) is 83.4 Å². The first-order chi connectivity index (χ1) is 14.1. The summed E-state index contributed by atoms with van der Waals surface area (Å²) in [6, 6.07) is 22.7. The van der Waals surface area contributed by atoms with E-state index in [9.17, 15) is 4.79 Å². The summed E-state index contributed by atoms with van der Waals surface area (Å²) < 4.78 is 0. The molecule has 0 radical (unpaired) electrons. The van der Waals surface area contributed by atoms with Crippen molar-refractivity contribution in [3.63, 3.8) is 0 Å². The van der Waals surface area contributed by atoms with Gasteiger partial charge < -0.3 is 10.6 Å². The lowest BCUT2D eigenvalue weighted by molar-refractivity contribution is -0.131. The van der Waals surface area contributed by atoms with Gasteiger partial charge in [0.2, 0.25) is 5.91 Å². The Bertz CT molecular complexity index is 1030. The quantitative estimate of drug-likeness (QED) is 0.491. The Labute approximate surface area is 171 Å². The zero-order valence-corrected chi connectivity index (χ0v) is 16.6. The summed E-state index contributed by atoms with van der Waals surface area (Å²) in [6.45, 7) is 0.871. The molecule has 3 aromatic rings. The number of hydrogen-bond donors (Lipinski definition) is 2. The molecule has 148 valence electrons. The van der Waals surface area contributed by atoms with Gasteiger partial charge in [-0.2, -0.15) is 0 Å². The number of carbonyl (C=O) groups is 1. The average molecular weight is 386 g/mol. The molecule has 0 aliphatic carbocycles. The number of amidine groups is 1. The number of carbonyl (C=O) groups excluding carboxylic acids is 1. The zero-order valence-electron chi connectivity index (χ0n) is 16.6. The van der Waals surface area contributed by atoms with E-state index >= 15 is 0 Å². The molecule has 0 bridgehead atoms. The van der Waals surface area contributed by atoms with Crippen LogP contribution in [0.4, 0.5) is 0 Å². The van der Waals surface area contributed by atoms with Gasteiger partial charge in [-0.3, -0.25) is 10.2 Å². The number of nitrogens with zero attached hydrogens (tertiary/aromatic N) is 1. The topological polar surface area (TPSA) is 70.2 Å². The van der Waals surface area contributed by atoms with Gasteiger partial charge in [0, 0.05) is 18.2 Å². The summed E-state index contributed by atoms with van der Waals surface area (Å²) in [5.74, 6) is 0.333. The molecule has 1 aliphatic heterocycles. The Balaban J connectivity index is 1.42. The van der Waals surface area contributed by atoms with E-state index in [1.807, 2.05) is 48.5 Å². The summed E-state index contributed by atoms with van der Waals surface area (Å²) in [4.78, 5) is 14.9. The molecule has 4 heteroatoms. The van der Waals surface area contributed by atoms with Crippen molar-refractivity contribution in [2.75, 3.05) is 6.54 Å². The maximum absolute atomic E-state index is 12.8. The molecule has 0 aromatic heterocycles. The predicted octanol–water partition coefficient (Wildman–Crippen LogP) is 4.29. The van der Waals surface area contributed by atoms with Crippen LogP contribution in [0.3, 0.4) is 0 Å². The number of hydrogen-bond acceptors (Lipinski definition) is 2. The van der Waals surface area contributed by atoms with Gasteiger partial charge in [-0.05, 0) is 53.6 Å². The van der Waals surface area contributed by atoms with E-state index in [2.05, 4.69) is 23.1 Å². The first kappa shape index (κ1) is 19.2. The van der Waals surface area contributed by atoms with E-state index < -0.39 is 0 Å². The van der Waals surface area contributed by atoms with Crippen LogP contribution in [-0.2, 0) is 17.6 Å². The van der Waals surface area contributed by atoms with Crippen LogP contribution in [-0.4, -0.2) is 29.2 Å². The van der Waals surface area contributed by atoms with Crippen LogP contribution in [0.25, 0.3) is 10.8 Å². The van der Waals surface area contributed by atoms with Gasteiger partial charge in [0.25, 0.3) is 0 Å². The molecule has 1 aliphatic rings. The minimum atomic E-state index is 0.0934. The molecule has 0 saturated carbocycles. The Kier molecular flexibility index (Phi) is 5.61. The largest absolute Gasteiger partial charge is 0.384 e. The minimum absolute atomic E-state index is 0.0934. The summed E-state index contributed by atoms with van der Waals surface area (Å²) >= 11 is 0. The summed E-state index contributed by atoms with van der Waals surface area (Å²) in [5, 5.41) is 9.90. The molecule has 1 atom stereocenters. The van der Waals surface area contributed by atoms with Crippen LogP contribution in [0.2, 0.25) is 0 Å². The molecule has 3 N–H and O–H groups in total. The van der Waals surface area contributed by atoms with E-state index in [0.717, 1.165) is 54.1 Å². The van der Waals surface area contributed by atoms with E-state index in [1.165, 1.54) is 5.56 Å². The van der Waals surface area contributed by atoms with Crippen molar-refractivity contribution < 1.29 is 4.79 Å². The van der Waals surface area contributed by atoms with Gasteiger partial charge in [-0.15, -0.1) is 0 Å². The Morgan fingerprint density at radius 1 is 1.00 bits per heavy atom. The number of nitrogens with two attached hydrogens (primary N) is 1. The maximum Gasteiger partial charge on any atom is 0.227 e. The Morgan fingerprint density at radius 2 is 1.79 bits per heavy atom. The highest BCUT2D eigenvalue weighted by molar-refractivity contribution is 5.99. The SMILES string of the molecule is N=C(N)c1ccc2ccc(CC[C@H]3CCCN3C(=O)Cc3ccccc3)cc2c1. The smallest absolute Gasteiger partial charge is 0.227 e. The van der Waals surface area contributed by atoms with E-state index in [-0.39, 0.29) is 11.7 Å². The molecule has 1 heterocycles. The van der Waals surface area contributed by atoms with E-state index in [1.54, 1.807) is 0 Å². The second-order valence-electron chi connectivity index (χ2n) is 7.89. The van der Waals surface area contributed by atoms with Gasteiger partial charge in [0.05, 0.1) is 6.42 Å². The van der Waals surface area contributed by atoms with Crippen LogP contribution in [0.5, 0.6) is 0 Å². The molecule has 0 unspecified atom stereocenters. The first-order valence-electron chi connectivity index (χ1n) is 10.3. The second kappa shape index (κ2) is 8.48. The fourth-order valence-corrected chi connectivity index (χ4v) is 4.29. The minimum Gasteiger partial charge on any atom is -0.384 e. The van der Waals surface area contributed by atoms with E-state index in [4.69, 9.17) is 11.1 Å². The molecule has 3 aromatic carbocycles. The molecule has 4 nitrogen and oxygen atoms in total. The van der Waals surface area contributed by atoms with Crippen LogP contribution >= 0.6 is 0 Å². The third-order valence-electron chi connectivity index (χ3n) is 5.88. The number of nitrogens with one attached hydrogen (secondary N) is 1. The molecule has 29 heavy (non-hydrogen) atoms. The van der Waals surface area contributed by atoms with Gasteiger partial charge in [-0.25, -0.2) is 0 Å². The highest BCUT2D eigenvalue weighted by atomic mass is 16.2. The summed E-state index contributed by atoms with van der Waals surface area (Å²) in [6.07, 6.45) is 4.59. The van der Waals surface area contributed by atoms with Crippen LogP contribution in [0.15, 0.2) is 66.7 Å². The lowest BCUT2D eigenvalue weighted by Gasteiger charge is -2.25. The van der Waals surface area contributed by atoms with Gasteiger partial charge >= 0.3 is 0 Å². The highest BCUT2D eigenvalue weighted by Crippen LogP contribution is 2.24. The van der Waals surface area contributed by atoms with Crippen molar-refractivity contribution in [2.24, 2.45) is 5.73 Å². The predicted molar refractivity (Wildman–Crippen MR) is 118 cm³/mol. The van der Waals surface area contributed by atoms with Gasteiger partial charge in [0.1, 0.15) is 5.84 Å². The first-order valence-corrected chi connectivity index (χ1v) is 10.3. The Hall–Kier alpha value is -3.14. The zero-order chi connectivity index (χ0) is 20.2. The number of benzene rings is 3. The number of rotatable bonds is 6. The summed E-state index contributed by atoms with van der Waals surface area (Å²) in [5.41, 5.74) is 8.73. The van der Waals surface area contributed by atoms with Crippen LogP contribution in [0.1, 0.15) is 36.0 Å². The fourth-order valence-electron chi connectivity index (χ4n) is 4.29. The van der Waals surface area contributed by atoms with Crippen LogP contribution in [0, 0.1) is 5.41 Å².